The first kappa shape index (κ1) is 43.7. The lowest BCUT2D eigenvalue weighted by atomic mass is 9.85. The van der Waals surface area contributed by atoms with Crippen LogP contribution in [0.4, 0.5) is 4.79 Å². The summed E-state index contributed by atoms with van der Waals surface area (Å²) >= 11 is 1.57. The number of thiazole rings is 1. The molecule has 0 radical (unpaired) electrons. The fourth-order valence-electron chi connectivity index (χ4n) is 5.39. The van der Waals surface area contributed by atoms with Gasteiger partial charge in [-0.1, -0.05) is 45.0 Å². The lowest BCUT2D eigenvalue weighted by molar-refractivity contribution is -0.144. The third kappa shape index (κ3) is 16.1. The van der Waals surface area contributed by atoms with E-state index in [2.05, 4.69) is 20.9 Å². The van der Waals surface area contributed by atoms with Crippen LogP contribution in [0, 0.1) is 12.3 Å². The van der Waals surface area contributed by atoms with Gasteiger partial charge in [0.1, 0.15) is 12.1 Å². The van der Waals surface area contributed by atoms with Crippen LogP contribution in [-0.2, 0) is 44.6 Å². The number of amides is 4. The van der Waals surface area contributed by atoms with E-state index in [0.29, 0.717) is 46.2 Å². The van der Waals surface area contributed by atoms with Crippen LogP contribution < -0.4 is 16.0 Å². The average molecular weight is 766 g/mol. The maximum absolute atomic E-state index is 13.8. The number of aryl methyl sites for hydroxylation is 1. The number of nitrogens with one attached hydrogen (secondary N) is 3. The third-order valence-electron chi connectivity index (χ3n) is 8.20. The number of benzene rings is 1. The Hall–Kier alpha value is -3.71. The largest absolute Gasteiger partial charge is 0.465 e. The number of likely N-dealkylation sites (tertiary alicyclic amines) is 1. The molecule has 0 aliphatic carbocycles. The Morgan fingerprint density at radius 1 is 0.887 bits per heavy atom. The summed E-state index contributed by atoms with van der Waals surface area (Å²) in [7, 11) is 0. The standard InChI is InChI=1S/C36H55N5O11S/c1-25-31(53-24-39-25)27-7-5-26(6-8-27)22-38-33(44)29-21-28(42)23-41(29)34(45)32(36(2,3)4)40-30(43)9-11-48-13-15-50-17-19-52-20-18-51-16-14-49-12-10-37-35(46)47/h5-8,24,28-29,32,37,42H,9-23H2,1-4H3,(H,38,44)(H,40,43)(H,46,47)/t28-,29+,32-/m1/s1. The SMILES string of the molecule is Cc1ncsc1-c1ccc(CNC(=O)[C@@H]2C[C@@H](O)CN2C(=O)[C@@H](NC(=O)CCOCCOCCOCCOCCOCCNC(=O)O)C(C)(C)C)cc1. The maximum atomic E-state index is 13.8. The second-order valence-electron chi connectivity index (χ2n) is 13.5. The smallest absolute Gasteiger partial charge is 0.404 e. The average Bonchev–Trinajstić information content (AvgIpc) is 3.73. The Kier molecular flexibility index (Phi) is 19.1. The van der Waals surface area contributed by atoms with Gasteiger partial charge in [0.05, 0.1) is 88.3 Å². The number of nitrogens with zero attached hydrogens (tertiary/aromatic N) is 2. The van der Waals surface area contributed by atoms with Crippen molar-refractivity contribution in [3.05, 3.63) is 41.0 Å². The Morgan fingerprint density at radius 3 is 1.98 bits per heavy atom. The van der Waals surface area contributed by atoms with Crippen LogP contribution in [0.15, 0.2) is 29.8 Å². The van der Waals surface area contributed by atoms with Crippen molar-refractivity contribution in [2.45, 2.75) is 65.3 Å². The van der Waals surface area contributed by atoms with E-state index in [4.69, 9.17) is 28.8 Å². The van der Waals surface area contributed by atoms with Gasteiger partial charge in [0, 0.05) is 32.5 Å². The number of β-amino-alcohol motifs (C(OH)–C–C–N with tert-alkyl or cyclic N) is 1. The molecule has 1 aliphatic heterocycles. The van der Waals surface area contributed by atoms with E-state index in [0.717, 1.165) is 21.7 Å². The molecule has 0 saturated carbocycles. The van der Waals surface area contributed by atoms with Gasteiger partial charge in [-0.05, 0) is 23.5 Å². The van der Waals surface area contributed by atoms with Crippen molar-refractivity contribution >= 4 is 35.2 Å². The van der Waals surface area contributed by atoms with Crippen LogP contribution in [0.1, 0.15) is 44.9 Å². The van der Waals surface area contributed by atoms with Gasteiger partial charge in [-0.25, -0.2) is 9.78 Å². The first-order valence-electron chi connectivity index (χ1n) is 17.8. The number of hydrogen-bond acceptors (Lipinski definition) is 12. The molecule has 2 heterocycles. The highest BCUT2D eigenvalue weighted by Gasteiger charge is 2.44. The molecule has 17 heteroatoms. The second kappa shape index (κ2) is 23.2. The van der Waals surface area contributed by atoms with Crippen LogP contribution in [-0.4, -0.2) is 141 Å². The second-order valence-corrected chi connectivity index (χ2v) is 14.3. The van der Waals surface area contributed by atoms with E-state index in [1.807, 2.05) is 57.5 Å². The summed E-state index contributed by atoms with van der Waals surface area (Å²) in [4.78, 5) is 57.1. The number of carbonyl (C=O) groups is 4. The molecule has 2 aromatic rings. The van der Waals surface area contributed by atoms with Crippen molar-refractivity contribution < 1.29 is 53.1 Å². The van der Waals surface area contributed by atoms with Crippen molar-refractivity contribution in [2.24, 2.45) is 5.41 Å². The summed E-state index contributed by atoms with van der Waals surface area (Å²) in [5, 5.41) is 26.9. The molecule has 5 N–H and O–H groups in total. The summed E-state index contributed by atoms with van der Waals surface area (Å²) < 4.78 is 27.0. The number of aromatic nitrogens is 1. The number of aliphatic hydroxyl groups is 1. The van der Waals surface area contributed by atoms with Gasteiger partial charge in [-0.3, -0.25) is 14.4 Å². The Balaban J connectivity index is 1.30. The predicted molar refractivity (Wildman–Crippen MR) is 196 cm³/mol. The number of hydrogen-bond donors (Lipinski definition) is 5. The molecule has 3 rings (SSSR count). The molecular weight excluding hydrogens is 710 g/mol. The summed E-state index contributed by atoms with van der Waals surface area (Å²) in [6, 6.07) is 6.06. The highest BCUT2D eigenvalue weighted by molar-refractivity contribution is 7.13. The van der Waals surface area contributed by atoms with Gasteiger partial charge in [-0.15, -0.1) is 11.3 Å². The molecule has 1 saturated heterocycles. The fourth-order valence-corrected chi connectivity index (χ4v) is 6.20. The minimum Gasteiger partial charge on any atom is -0.465 e. The lowest BCUT2D eigenvalue weighted by Crippen LogP contribution is -2.57. The molecule has 0 bridgehead atoms. The molecule has 1 aromatic heterocycles. The maximum Gasteiger partial charge on any atom is 0.404 e. The zero-order valence-electron chi connectivity index (χ0n) is 31.1. The molecule has 4 amide bonds. The van der Waals surface area contributed by atoms with E-state index in [1.54, 1.807) is 11.3 Å². The summed E-state index contributed by atoms with van der Waals surface area (Å²) in [5.41, 5.74) is 4.05. The van der Waals surface area contributed by atoms with Gasteiger partial charge in [0.25, 0.3) is 0 Å². The van der Waals surface area contributed by atoms with Crippen LogP contribution in [0.5, 0.6) is 0 Å². The first-order chi connectivity index (χ1) is 25.4. The van der Waals surface area contributed by atoms with Crippen LogP contribution in [0.25, 0.3) is 10.4 Å². The Labute approximate surface area is 314 Å². The van der Waals surface area contributed by atoms with Crippen molar-refractivity contribution in [3.8, 4) is 10.4 Å². The van der Waals surface area contributed by atoms with Crippen molar-refractivity contribution in [1.82, 2.24) is 25.8 Å². The molecule has 1 fully saturated rings. The zero-order valence-corrected chi connectivity index (χ0v) is 31.9. The van der Waals surface area contributed by atoms with Gasteiger partial charge in [0.2, 0.25) is 17.7 Å². The van der Waals surface area contributed by atoms with Crippen LogP contribution >= 0.6 is 11.3 Å². The third-order valence-corrected chi connectivity index (χ3v) is 9.17. The molecule has 53 heavy (non-hydrogen) atoms. The zero-order chi connectivity index (χ0) is 38.6. The number of rotatable bonds is 24. The molecule has 296 valence electrons. The van der Waals surface area contributed by atoms with E-state index in [1.165, 1.54) is 4.90 Å². The van der Waals surface area contributed by atoms with Crippen molar-refractivity contribution in [3.63, 3.8) is 0 Å². The predicted octanol–water partition coefficient (Wildman–Crippen LogP) is 1.97. The number of aliphatic hydroxyl groups excluding tert-OH is 1. The van der Waals surface area contributed by atoms with Crippen LogP contribution in [0.3, 0.4) is 0 Å². The Morgan fingerprint density at radius 2 is 1.45 bits per heavy atom. The van der Waals surface area contributed by atoms with Gasteiger partial charge in [-0.2, -0.15) is 0 Å². The molecule has 3 atom stereocenters. The molecule has 0 unspecified atom stereocenters. The monoisotopic (exact) mass is 765 g/mol. The first-order valence-corrected chi connectivity index (χ1v) is 18.6. The summed E-state index contributed by atoms with van der Waals surface area (Å²) in [6.07, 6.45) is -1.81. The topological polar surface area (TPSA) is 207 Å². The number of carboxylic acid groups (broad SMARTS) is 1. The van der Waals surface area contributed by atoms with E-state index in [9.17, 15) is 24.3 Å². The number of carbonyl (C=O) groups excluding carboxylic acids is 3. The van der Waals surface area contributed by atoms with Crippen LogP contribution in [0.2, 0.25) is 0 Å². The van der Waals surface area contributed by atoms with Gasteiger partial charge >= 0.3 is 6.09 Å². The molecule has 1 aliphatic rings. The van der Waals surface area contributed by atoms with Gasteiger partial charge < -0.3 is 54.7 Å². The van der Waals surface area contributed by atoms with Gasteiger partial charge in [0.15, 0.2) is 0 Å². The fraction of sp³-hybridized carbons (Fsp3) is 0.639. The number of ether oxygens (including phenoxy) is 5. The minimum absolute atomic E-state index is 0.00328. The molecule has 0 spiro atoms. The van der Waals surface area contributed by atoms with Crippen molar-refractivity contribution in [2.75, 3.05) is 79.2 Å². The molecule has 16 nitrogen and oxygen atoms in total. The highest BCUT2D eigenvalue weighted by Crippen LogP contribution is 2.28. The quantitative estimate of drug-likeness (QED) is 0.0973. The molecular formula is C36H55N5O11S. The van der Waals surface area contributed by atoms with E-state index < -0.39 is 35.6 Å². The summed E-state index contributed by atoms with van der Waals surface area (Å²) in [6.45, 7) is 11.2. The van der Waals surface area contributed by atoms with Crippen molar-refractivity contribution in [1.29, 1.82) is 0 Å². The minimum atomic E-state index is -1.09. The highest BCUT2D eigenvalue weighted by atomic mass is 32.1. The normalized spacial score (nSPS) is 16.4. The Bertz CT molecular complexity index is 1420. The van der Waals surface area contributed by atoms with E-state index >= 15 is 0 Å². The van der Waals surface area contributed by atoms with E-state index in [-0.39, 0.29) is 64.1 Å². The summed E-state index contributed by atoms with van der Waals surface area (Å²) in [5.74, 6) is -1.16. The lowest BCUT2D eigenvalue weighted by Gasteiger charge is -2.35. The molecule has 1 aromatic carbocycles.